The Balaban J connectivity index is 1.44. The maximum Gasteiger partial charge on any atom is 0.277 e. The molecule has 3 aromatic rings. The van der Waals surface area contributed by atoms with Crippen LogP contribution < -0.4 is 10.9 Å². The van der Waals surface area contributed by atoms with E-state index < -0.39 is 0 Å². The summed E-state index contributed by atoms with van der Waals surface area (Å²) in [4.78, 5) is 38.3. The average molecular weight is 534 g/mol. The van der Waals surface area contributed by atoms with Gasteiger partial charge in [0.15, 0.2) is 5.16 Å². The van der Waals surface area contributed by atoms with Crippen LogP contribution in [0.2, 0.25) is 0 Å². The van der Waals surface area contributed by atoms with Crippen LogP contribution in [0.25, 0.3) is 0 Å². The van der Waals surface area contributed by atoms with Crippen LogP contribution in [0.3, 0.4) is 0 Å². The highest BCUT2D eigenvalue weighted by Gasteiger charge is 2.27. The number of unbranched alkanes of at least 4 members (excludes halogenated alkanes) is 2. The predicted molar refractivity (Wildman–Crippen MR) is 152 cm³/mol. The van der Waals surface area contributed by atoms with Crippen LogP contribution in [-0.2, 0) is 23.5 Å². The highest BCUT2D eigenvalue weighted by Crippen LogP contribution is 2.31. The van der Waals surface area contributed by atoms with E-state index in [4.69, 9.17) is 0 Å². The first-order chi connectivity index (χ1) is 18.5. The van der Waals surface area contributed by atoms with Crippen molar-refractivity contribution in [2.24, 2.45) is 11.8 Å². The van der Waals surface area contributed by atoms with E-state index in [9.17, 15) is 9.59 Å². The summed E-state index contributed by atoms with van der Waals surface area (Å²) in [5.74, 6) is 1.54. The second-order valence-electron chi connectivity index (χ2n) is 10.4. The van der Waals surface area contributed by atoms with Crippen molar-refractivity contribution in [3.63, 3.8) is 0 Å². The van der Waals surface area contributed by atoms with Crippen molar-refractivity contribution in [3.05, 3.63) is 81.8 Å². The number of benzene rings is 1. The average Bonchev–Trinajstić information content (AvgIpc) is 2.94. The molecule has 0 atom stereocenters. The topological polar surface area (TPSA) is 89.8 Å². The number of carbonyl (C=O) groups is 1. The molecule has 1 saturated carbocycles. The minimum atomic E-state index is -0.194. The molecule has 1 aliphatic rings. The lowest BCUT2D eigenvalue weighted by Gasteiger charge is -2.29. The number of thioether (sulfide) groups is 1. The lowest BCUT2D eigenvalue weighted by molar-refractivity contribution is -0.126. The van der Waals surface area contributed by atoms with Gasteiger partial charge in [0.05, 0.1) is 0 Å². The molecule has 0 bridgehead atoms. The van der Waals surface area contributed by atoms with E-state index in [0.29, 0.717) is 17.9 Å². The standard InChI is InChI=1S/C30H39N5O2S/c1-3-4-5-14-33-28(36)26-12-10-23(11-13-26)18-35-19-27(15-25-16-31-21-32-17-25)29(37)34-30(35)38-20-24-8-6-22(2)7-9-24/h6-9,16-17,19,21,23,26H,3-5,10-15,18,20H2,1-2H3,(H,33,36). The number of hydrogen-bond donors (Lipinski definition) is 1. The van der Waals surface area contributed by atoms with Crippen molar-refractivity contribution in [3.8, 4) is 0 Å². The molecule has 7 nitrogen and oxygen atoms in total. The number of nitrogens with zero attached hydrogens (tertiary/aromatic N) is 4. The number of nitrogens with one attached hydrogen (secondary N) is 1. The van der Waals surface area contributed by atoms with E-state index in [1.165, 1.54) is 17.5 Å². The smallest absolute Gasteiger partial charge is 0.277 e. The van der Waals surface area contributed by atoms with E-state index >= 15 is 0 Å². The zero-order valence-electron chi connectivity index (χ0n) is 22.6. The maximum absolute atomic E-state index is 13.0. The van der Waals surface area contributed by atoms with Gasteiger partial charge in [-0.05, 0) is 56.1 Å². The number of rotatable bonds is 12. The molecule has 1 amide bonds. The fraction of sp³-hybridized carbons (Fsp3) is 0.500. The summed E-state index contributed by atoms with van der Waals surface area (Å²) in [5.41, 5.74) is 3.79. The van der Waals surface area contributed by atoms with E-state index in [2.05, 4.69) is 62.9 Å². The van der Waals surface area contributed by atoms with Crippen LogP contribution in [0, 0.1) is 18.8 Å². The van der Waals surface area contributed by atoms with Crippen LogP contribution in [-0.4, -0.2) is 32.0 Å². The lowest BCUT2D eigenvalue weighted by Crippen LogP contribution is -2.34. The summed E-state index contributed by atoms with van der Waals surface area (Å²) in [6.07, 6.45) is 14.6. The summed E-state index contributed by atoms with van der Waals surface area (Å²) in [6, 6.07) is 8.48. The molecule has 4 rings (SSSR count). The largest absolute Gasteiger partial charge is 0.356 e. The van der Waals surface area contributed by atoms with Crippen molar-refractivity contribution in [1.29, 1.82) is 0 Å². The zero-order valence-corrected chi connectivity index (χ0v) is 23.4. The van der Waals surface area contributed by atoms with E-state index in [1.54, 1.807) is 24.2 Å². The fourth-order valence-corrected chi connectivity index (χ4v) is 5.91. The summed E-state index contributed by atoms with van der Waals surface area (Å²) in [5, 5.41) is 3.88. The number of hydrogen-bond acceptors (Lipinski definition) is 6. The monoisotopic (exact) mass is 533 g/mol. The molecule has 1 aliphatic carbocycles. The second-order valence-corrected chi connectivity index (χ2v) is 11.4. The quantitative estimate of drug-likeness (QED) is 0.192. The minimum Gasteiger partial charge on any atom is -0.356 e. The molecule has 1 fully saturated rings. The number of amides is 1. The summed E-state index contributed by atoms with van der Waals surface area (Å²) >= 11 is 1.61. The Morgan fingerprint density at radius 3 is 2.50 bits per heavy atom. The molecule has 2 heterocycles. The van der Waals surface area contributed by atoms with Gasteiger partial charge >= 0.3 is 0 Å². The van der Waals surface area contributed by atoms with Gasteiger partial charge < -0.3 is 9.88 Å². The summed E-state index contributed by atoms with van der Waals surface area (Å²) in [6.45, 7) is 5.84. The SMILES string of the molecule is CCCCCNC(=O)C1CCC(Cn2cc(Cc3cncnc3)c(=O)nc2SCc2ccc(C)cc2)CC1. The van der Waals surface area contributed by atoms with Gasteiger partial charge in [0.2, 0.25) is 5.91 Å². The van der Waals surface area contributed by atoms with Crippen LogP contribution >= 0.6 is 11.8 Å². The second kappa shape index (κ2) is 14.2. The van der Waals surface area contributed by atoms with Gasteiger partial charge in [0, 0.05) is 55.3 Å². The van der Waals surface area contributed by atoms with Crippen molar-refractivity contribution in [2.75, 3.05) is 6.54 Å². The minimum absolute atomic E-state index is 0.115. The molecule has 8 heteroatoms. The Bertz CT molecular complexity index is 1220. The number of aryl methyl sites for hydroxylation is 1. The molecule has 0 unspecified atom stereocenters. The van der Waals surface area contributed by atoms with Crippen LogP contribution in [0.5, 0.6) is 0 Å². The van der Waals surface area contributed by atoms with Crippen LogP contribution in [0.15, 0.2) is 59.1 Å². The highest BCUT2D eigenvalue weighted by molar-refractivity contribution is 7.98. The van der Waals surface area contributed by atoms with E-state index in [0.717, 1.165) is 74.5 Å². The number of carbonyl (C=O) groups excluding carboxylic acids is 1. The Kier molecular flexibility index (Phi) is 10.5. The zero-order chi connectivity index (χ0) is 26.7. The number of aromatic nitrogens is 4. The molecule has 38 heavy (non-hydrogen) atoms. The molecule has 1 aromatic carbocycles. The molecule has 0 saturated heterocycles. The van der Waals surface area contributed by atoms with Gasteiger partial charge in [-0.3, -0.25) is 9.59 Å². The Hall–Kier alpha value is -3.00. The van der Waals surface area contributed by atoms with Crippen molar-refractivity contribution in [1.82, 2.24) is 24.8 Å². The molecular formula is C30H39N5O2S. The van der Waals surface area contributed by atoms with Crippen molar-refractivity contribution >= 4 is 17.7 Å². The van der Waals surface area contributed by atoms with Gasteiger partial charge in [-0.1, -0.05) is 61.4 Å². The van der Waals surface area contributed by atoms with Gasteiger partial charge in [-0.15, -0.1) is 0 Å². The highest BCUT2D eigenvalue weighted by atomic mass is 32.2. The normalized spacial score (nSPS) is 17.3. The molecule has 0 aliphatic heterocycles. The Morgan fingerprint density at radius 1 is 1.05 bits per heavy atom. The molecular weight excluding hydrogens is 494 g/mol. The van der Waals surface area contributed by atoms with Gasteiger partial charge in [0.25, 0.3) is 5.56 Å². The van der Waals surface area contributed by atoms with Gasteiger partial charge in [-0.2, -0.15) is 4.98 Å². The maximum atomic E-state index is 13.0. The van der Waals surface area contributed by atoms with Crippen LogP contribution in [0.4, 0.5) is 0 Å². The van der Waals surface area contributed by atoms with Crippen molar-refractivity contribution in [2.45, 2.75) is 82.7 Å². The third-order valence-corrected chi connectivity index (χ3v) is 8.34. The van der Waals surface area contributed by atoms with Crippen molar-refractivity contribution < 1.29 is 4.79 Å². The first kappa shape index (κ1) is 28.0. The molecule has 2 aromatic heterocycles. The Labute approximate surface area is 229 Å². The molecule has 0 radical (unpaired) electrons. The first-order valence-corrected chi connectivity index (χ1v) is 14.8. The predicted octanol–water partition coefficient (Wildman–Crippen LogP) is 5.34. The molecule has 202 valence electrons. The Morgan fingerprint density at radius 2 is 1.79 bits per heavy atom. The van der Waals surface area contributed by atoms with Gasteiger partial charge in [0.1, 0.15) is 6.33 Å². The fourth-order valence-electron chi connectivity index (χ4n) is 4.98. The van der Waals surface area contributed by atoms with Crippen LogP contribution in [0.1, 0.15) is 74.1 Å². The third-order valence-electron chi connectivity index (χ3n) is 7.28. The van der Waals surface area contributed by atoms with E-state index in [1.807, 2.05) is 6.20 Å². The molecule has 0 spiro atoms. The third kappa shape index (κ3) is 8.25. The summed E-state index contributed by atoms with van der Waals surface area (Å²) < 4.78 is 2.16. The van der Waals surface area contributed by atoms with E-state index in [-0.39, 0.29) is 17.4 Å². The first-order valence-electron chi connectivity index (χ1n) is 13.8. The lowest BCUT2D eigenvalue weighted by atomic mass is 9.81. The van der Waals surface area contributed by atoms with Gasteiger partial charge in [-0.25, -0.2) is 9.97 Å². The molecule has 1 N–H and O–H groups in total. The summed E-state index contributed by atoms with van der Waals surface area (Å²) in [7, 11) is 0.